The van der Waals surface area contributed by atoms with E-state index in [0.717, 1.165) is 10.9 Å². The van der Waals surface area contributed by atoms with Crippen LogP contribution in [0.15, 0.2) is 36.5 Å². The lowest BCUT2D eigenvalue weighted by Crippen LogP contribution is -2.36. The topological polar surface area (TPSA) is 62.2 Å². The van der Waals surface area contributed by atoms with Gasteiger partial charge in [0.2, 0.25) is 0 Å². The maximum Gasteiger partial charge on any atom is 0.251 e. The predicted molar refractivity (Wildman–Crippen MR) is 74.9 cm³/mol. The van der Waals surface area contributed by atoms with E-state index in [1.54, 1.807) is 12.3 Å². The molecule has 100 valence electrons. The van der Waals surface area contributed by atoms with Gasteiger partial charge in [-0.15, -0.1) is 0 Å². The molecule has 0 spiro atoms. The summed E-state index contributed by atoms with van der Waals surface area (Å²) in [7, 11) is 0. The van der Waals surface area contributed by atoms with Gasteiger partial charge in [-0.3, -0.25) is 9.78 Å². The lowest BCUT2D eigenvalue weighted by atomic mass is 9.95. The average molecular weight is 258 g/mol. The molecule has 1 heterocycles. The van der Waals surface area contributed by atoms with E-state index in [2.05, 4.69) is 10.3 Å². The van der Waals surface area contributed by atoms with E-state index in [1.165, 1.54) is 0 Å². The Morgan fingerprint density at radius 2 is 2.11 bits per heavy atom. The zero-order valence-electron chi connectivity index (χ0n) is 11.2. The number of pyridine rings is 1. The number of aliphatic hydroxyl groups excluding tert-OH is 1. The van der Waals surface area contributed by atoms with Crippen LogP contribution in [0.25, 0.3) is 10.9 Å². The number of hydrogen-bond donors (Lipinski definition) is 2. The minimum Gasteiger partial charge on any atom is -0.396 e. The van der Waals surface area contributed by atoms with Crippen LogP contribution in [-0.2, 0) is 0 Å². The Hall–Kier alpha value is -1.94. The quantitative estimate of drug-likeness (QED) is 0.881. The van der Waals surface area contributed by atoms with Gasteiger partial charge in [0.1, 0.15) is 0 Å². The molecule has 1 aromatic carbocycles. The first kappa shape index (κ1) is 13.5. The third-order valence-electron chi connectivity index (χ3n) is 3.05. The number of rotatable bonds is 4. The number of fused-ring (bicyclic) bond motifs is 1. The summed E-state index contributed by atoms with van der Waals surface area (Å²) in [6.45, 7) is 4.26. The molecule has 0 aliphatic rings. The molecule has 2 rings (SSSR count). The van der Waals surface area contributed by atoms with Crippen molar-refractivity contribution in [1.29, 1.82) is 0 Å². The fourth-order valence-electron chi connectivity index (χ4n) is 1.77. The summed E-state index contributed by atoms with van der Waals surface area (Å²) in [6, 6.07) is 9.18. The Labute approximate surface area is 112 Å². The van der Waals surface area contributed by atoms with Gasteiger partial charge in [-0.1, -0.05) is 26.0 Å². The SMILES string of the molecule is CC(C)(CO)CNC(=O)c1cccc2ncccc12. The van der Waals surface area contributed by atoms with E-state index in [1.807, 2.05) is 38.1 Å². The second-order valence-electron chi connectivity index (χ2n) is 5.38. The summed E-state index contributed by atoms with van der Waals surface area (Å²) in [5, 5.41) is 12.9. The number of aromatic nitrogens is 1. The van der Waals surface area contributed by atoms with E-state index in [-0.39, 0.29) is 17.9 Å². The Kier molecular flexibility index (Phi) is 3.81. The molecule has 0 saturated carbocycles. The summed E-state index contributed by atoms with van der Waals surface area (Å²) in [5.41, 5.74) is 1.09. The monoisotopic (exact) mass is 258 g/mol. The van der Waals surface area contributed by atoms with Crippen LogP contribution in [0.5, 0.6) is 0 Å². The summed E-state index contributed by atoms with van der Waals surface area (Å²) < 4.78 is 0. The van der Waals surface area contributed by atoms with E-state index in [4.69, 9.17) is 0 Å². The van der Waals surface area contributed by atoms with Crippen LogP contribution in [-0.4, -0.2) is 29.1 Å². The number of carbonyl (C=O) groups excluding carboxylic acids is 1. The first-order valence-corrected chi connectivity index (χ1v) is 6.26. The van der Waals surface area contributed by atoms with Crippen molar-refractivity contribution < 1.29 is 9.90 Å². The molecule has 0 aliphatic carbocycles. The molecule has 0 atom stereocenters. The van der Waals surface area contributed by atoms with Crippen molar-refractivity contribution in [3.63, 3.8) is 0 Å². The van der Waals surface area contributed by atoms with Crippen LogP contribution in [0.3, 0.4) is 0 Å². The molecule has 2 aromatic rings. The molecule has 0 unspecified atom stereocenters. The molecule has 0 fully saturated rings. The van der Waals surface area contributed by atoms with Gasteiger partial charge in [0.15, 0.2) is 0 Å². The summed E-state index contributed by atoms with van der Waals surface area (Å²) in [5.74, 6) is -0.139. The van der Waals surface area contributed by atoms with Gasteiger partial charge in [0.05, 0.1) is 5.52 Å². The van der Waals surface area contributed by atoms with Crippen LogP contribution >= 0.6 is 0 Å². The summed E-state index contributed by atoms with van der Waals surface area (Å²) in [6.07, 6.45) is 1.71. The van der Waals surface area contributed by atoms with Gasteiger partial charge in [0.25, 0.3) is 5.91 Å². The van der Waals surface area contributed by atoms with Crippen LogP contribution in [0.2, 0.25) is 0 Å². The summed E-state index contributed by atoms with van der Waals surface area (Å²) in [4.78, 5) is 16.4. The van der Waals surface area contributed by atoms with E-state index in [9.17, 15) is 9.90 Å². The maximum atomic E-state index is 12.2. The van der Waals surface area contributed by atoms with Gasteiger partial charge in [-0.05, 0) is 18.2 Å². The summed E-state index contributed by atoms with van der Waals surface area (Å²) >= 11 is 0. The molecule has 0 bridgehead atoms. The second kappa shape index (κ2) is 5.36. The molecule has 2 N–H and O–H groups in total. The van der Waals surface area contributed by atoms with Gasteiger partial charge in [-0.2, -0.15) is 0 Å². The molecular formula is C15H18N2O2. The van der Waals surface area contributed by atoms with Crippen LogP contribution in [0.4, 0.5) is 0 Å². The van der Waals surface area contributed by atoms with Crippen molar-refractivity contribution in [1.82, 2.24) is 10.3 Å². The first-order chi connectivity index (χ1) is 9.03. The van der Waals surface area contributed by atoms with Crippen LogP contribution in [0.1, 0.15) is 24.2 Å². The predicted octanol–water partition coefficient (Wildman–Crippen LogP) is 1.98. The normalized spacial score (nSPS) is 11.5. The number of hydrogen-bond acceptors (Lipinski definition) is 3. The van der Waals surface area contributed by atoms with Crippen LogP contribution < -0.4 is 5.32 Å². The van der Waals surface area contributed by atoms with Crippen molar-refractivity contribution in [2.24, 2.45) is 5.41 Å². The third kappa shape index (κ3) is 3.09. The van der Waals surface area contributed by atoms with E-state index in [0.29, 0.717) is 12.1 Å². The van der Waals surface area contributed by atoms with Crippen molar-refractivity contribution in [3.05, 3.63) is 42.1 Å². The Balaban J connectivity index is 2.23. The molecule has 1 amide bonds. The number of nitrogens with one attached hydrogen (secondary N) is 1. The molecule has 19 heavy (non-hydrogen) atoms. The fourth-order valence-corrected chi connectivity index (χ4v) is 1.77. The highest BCUT2D eigenvalue weighted by molar-refractivity contribution is 6.06. The third-order valence-corrected chi connectivity index (χ3v) is 3.05. The largest absolute Gasteiger partial charge is 0.396 e. The first-order valence-electron chi connectivity index (χ1n) is 6.26. The van der Waals surface area contributed by atoms with Crippen molar-refractivity contribution in [3.8, 4) is 0 Å². The highest BCUT2D eigenvalue weighted by atomic mass is 16.3. The van der Waals surface area contributed by atoms with Crippen molar-refractivity contribution in [2.75, 3.05) is 13.2 Å². The Bertz CT molecular complexity index is 588. The Morgan fingerprint density at radius 1 is 1.32 bits per heavy atom. The van der Waals surface area contributed by atoms with Crippen LogP contribution in [0, 0.1) is 5.41 Å². The molecule has 0 radical (unpaired) electrons. The zero-order valence-corrected chi connectivity index (χ0v) is 11.2. The van der Waals surface area contributed by atoms with E-state index >= 15 is 0 Å². The molecule has 1 aromatic heterocycles. The van der Waals surface area contributed by atoms with Crippen molar-refractivity contribution in [2.45, 2.75) is 13.8 Å². The molecular weight excluding hydrogens is 240 g/mol. The number of benzene rings is 1. The van der Waals surface area contributed by atoms with E-state index < -0.39 is 0 Å². The zero-order chi connectivity index (χ0) is 13.9. The number of carbonyl (C=O) groups is 1. The van der Waals surface area contributed by atoms with Gasteiger partial charge >= 0.3 is 0 Å². The van der Waals surface area contributed by atoms with Crippen molar-refractivity contribution >= 4 is 16.8 Å². The number of amides is 1. The minimum absolute atomic E-state index is 0.0321. The molecule has 4 heteroatoms. The second-order valence-corrected chi connectivity index (χ2v) is 5.38. The highest BCUT2D eigenvalue weighted by Gasteiger charge is 2.18. The average Bonchev–Trinajstić information content (AvgIpc) is 2.44. The minimum atomic E-state index is -0.321. The maximum absolute atomic E-state index is 12.2. The standard InChI is InChI=1S/C15H18N2O2/c1-15(2,10-18)9-17-14(19)12-5-3-7-13-11(12)6-4-8-16-13/h3-8,18H,9-10H2,1-2H3,(H,17,19). The smallest absolute Gasteiger partial charge is 0.251 e. The lowest BCUT2D eigenvalue weighted by molar-refractivity contribution is 0.0912. The number of nitrogens with zero attached hydrogens (tertiary/aromatic N) is 1. The number of aliphatic hydroxyl groups is 1. The fraction of sp³-hybridized carbons (Fsp3) is 0.333. The van der Waals surface area contributed by atoms with Gasteiger partial charge < -0.3 is 10.4 Å². The molecule has 0 aliphatic heterocycles. The lowest BCUT2D eigenvalue weighted by Gasteiger charge is -2.22. The van der Waals surface area contributed by atoms with Gasteiger partial charge in [-0.25, -0.2) is 0 Å². The van der Waals surface area contributed by atoms with Gasteiger partial charge in [0, 0.05) is 35.7 Å². The molecule has 0 saturated heterocycles. The Morgan fingerprint density at radius 3 is 2.84 bits per heavy atom. The highest BCUT2D eigenvalue weighted by Crippen LogP contribution is 2.17. The molecule has 4 nitrogen and oxygen atoms in total.